The molecule has 1 amide bonds. The molecule has 0 radical (unpaired) electrons. The van der Waals surface area contributed by atoms with Gasteiger partial charge in [0.1, 0.15) is 4.21 Å². The number of hydrogen-bond acceptors (Lipinski definition) is 4. The number of nitrogens with one attached hydrogen (secondary N) is 1. The summed E-state index contributed by atoms with van der Waals surface area (Å²) in [6.45, 7) is 4.61. The molecule has 5 nitrogen and oxygen atoms in total. The van der Waals surface area contributed by atoms with E-state index in [-0.39, 0.29) is 10.1 Å². The van der Waals surface area contributed by atoms with E-state index in [0.717, 1.165) is 22.6 Å². The van der Waals surface area contributed by atoms with Crippen molar-refractivity contribution in [1.82, 2.24) is 5.32 Å². The zero-order chi connectivity index (χ0) is 14.5. The highest BCUT2D eigenvalue weighted by Gasteiger charge is 2.11. The van der Waals surface area contributed by atoms with Crippen molar-refractivity contribution in [2.75, 3.05) is 6.54 Å². The summed E-state index contributed by atoms with van der Waals surface area (Å²) in [7, 11) is -3.61. The summed E-state index contributed by atoms with van der Waals surface area (Å²) in [5.41, 5.74) is 0. The normalized spacial score (nSPS) is 13.2. The Balaban J connectivity index is 2.38. The molecule has 0 aliphatic rings. The summed E-state index contributed by atoms with van der Waals surface area (Å²) in [6, 6.07) is 3.22. The van der Waals surface area contributed by atoms with E-state index in [9.17, 15) is 13.2 Å². The quantitative estimate of drug-likeness (QED) is 0.799. The van der Waals surface area contributed by atoms with Crippen LogP contribution in [0.25, 0.3) is 0 Å². The molecule has 0 aromatic carbocycles. The van der Waals surface area contributed by atoms with Gasteiger partial charge in [-0.15, -0.1) is 11.3 Å². The summed E-state index contributed by atoms with van der Waals surface area (Å²) >= 11 is 1.15. The first-order valence-electron chi connectivity index (χ1n) is 6.21. The van der Waals surface area contributed by atoms with Gasteiger partial charge in [0.05, 0.1) is 0 Å². The average molecular weight is 304 g/mol. The van der Waals surface area contributed by atoms with E-state index < -0.39 is 10.0 Å². The van der Waals surface area contributed by atoms with E-state index in [1.165, 1.54) is 6.07 Å². The van der Waals surface area contributed by atoms with Crippen LogP contribution in [0.15, 0.2) is 16.3 Å². The topological polar surface area (TPSA) is 89.3 Å². The van der Waals surface area contributed by atoms with Crippen molar-refractivity contribution in [3.63, 3.8) is 0 Å². The predicted octanol–water partition coefficient (Wildman–Crippen LogP) is 1.49. The van der Waals surface area contributed by atoms with Gasteiger partial charge in [-0.25, -0.2) is 13.6 Å². The Morgan fingerprint density at radius 2 is 2.16 bits per heavy atom. The maximum absolute atomic E-state index is 11.5. The van der Waals surface area contributed by atoms with E-state index in [0.29, 0.717) is 25.3 Å². The zero-order valence-corrected chi connectivity index (χ0v) is 12.8. The smallest absolute Gasteiger partial charge is 0.247 e. The van der Waals surface area contributed by atoms with E-state index in [2.05, 4.69) is 12.2 Å². The molecule has 0 saturated carbocycles. The Kier molecular flexibility index (Phi) is 5.96. The molecule has 0 fully saturated rings. The largest absolute Gasteiger partial charge is 0.356 e. The van der Waals surface area contributed by atoms with E-state index >= 15 is 0 Å². The third-order valence-electron chi connectivity index (χ3n) is 2.84. The first-order valence-corrected chi connectivity index (χ1v) is 8.57. The van der Waals surface area contributed by atoms with Gasteiger partial charge in [-0.2, -0.15) is 0 Å². The van der Waals surface area contributed by atoms with E-state index in [1.807, 2.05) is 6.92 Å². The zero-order valence-electron chi connectivity index (χ0n) is 11.2. The number of thiophene rings is 1. The standard InChI is InChI=1S/C12H20N2O3S2/c1-3-9(2)8-11(15)14-7-6-10-4-5-12(18-10)19(13,16)17/h4-5,9H,3,6-8H2,1-2H3,(H,14,15)(H2,13,16,17). The number of sulfonamides is 1. The van der Waals surface area contributed by atoms with Gasteiger partial charge in [0.25, 0.3) is 0 Å². The minimum Gasteiger partial charge on any atom is -0.356 e. The summed E-state index contributed by atoms with van der Waals surface area (Å²) in [5, 5.41) is 7.86. The lowest BCUT2D eigenvalue weighted by Crippen LogP contribution is -2.26. The molecular weight excluding hydrogens is 284 g/mol. The molecule has 0 aliphatic heterocycles. The third-order valence-corrected chi connectivity index (χ3v) is 5.43. The number of amides is 1. The highest BCUT2D eigenvalue weighted by molar-refractivity contribution is 7.91. The molecule has 108 valence electrons. The van der Waals surface area contributed by atoms with Gasteiger partial charge in [0.15, 0.2) is 0 Å². The lowest BCUT2D eigenvalue weighted by molar-refractivity contribution is -0.121. The highest BCUT2D eigenvalue weighted by atomic mass is 32.2. The Morgan fingerprint density at radius 1 is 1.47 bits per heavy atom. The molecule has 19 heavy (non-hydrogen) atoms. The fourth-order valence-electron chi connectivity index (χ4n) is 1.50. The van der Waals surface area contributed by atoms with Crippen molar-refractivity contribution in [3.05, 3.63) is 17.0 Å². The molecular formula is C12H20N2O3S2. The summed E-state index contributed by atoms with van der Waals surface area (Å²) in [5.74, 6) is 0.424. The monoisotopic (exact) mass is 304 g/mol. The van der Waals surface area contributed by atoms with Crippen LogP contribution in [0.5, 0.6) is 0 Å². The molecule has 1 rings (SSSR count). The number of primary sulfonamides is 1. The first kappa shape index (κ1) is 16.1. The van der Waals surface area contributed by atoms with E-state index in [1.54, 1.807) is 6.07 Å². The number of rotatable bonds is 7. The van der Waals surface area contributed by atoms with Gasteiger partial charge in [-0.1, -0.05) is 20.3 Å². The number of hydrogen-bond donors (Lipinski definition) is 2. The van der Waals surface area contributed by atoms with Crippen LogP contribution in [0.3, 0.4) is 0 Å². The highest BCUT2D eigenvalue weighted by Crippen LogP contribution is 2.20. The van der Waals surface area contributed by atoms with Crippen LogP contribution in [-0.4, -0.2) is 20.9 Å². The second kappa shape index (κ2) is 7.02. The van der Waals surface area contributed by atoms with Crippen LogP contribution in [0.2, 0.25) is 0 Å². The molecule has 0 bridgehead atoms. The first-order chi connectivity index (χ1) is 8.82. The second-order valence-electron chi connectivity index (χ2n) is 4.58. The maximum Gasteiger partial charge on any atom is 0.247 e. The molecule has 0 aliphatic carbocycles. The Bertz CT molecular complexity index is 523. The number of nitrogens with two attached hydrogens (primary N) is 1. The van der Waals surface area contributed by atoms with Crippen molar-refractivity contribution < 1.29 is 13.2 Å². The van der Waals surface area contributed by atoms with Gasteiger partial charge < -0.3 is 5.32 Å². The van der Waals surface area contributed by atoms with Crippen LogP contribution in [0.4, 0.5) is 0 Å². The van der Waals surface area contributed by atoms with Gasteiger partial charge in [0, 0.05) is 17.8 Å². The lowest BCUT2D eigenvalue weighted by Gasteiger charge is -2.08. The maximum atomic E-state index is 11.5. The molecule has 1 unspecified atom stereocenters. The second-order valence-corrected chi connectivity index (χ2v) is 7.54. The van der Waals surface area contributed by atoms with Gasteiger partial charge in [-0.05, 0) is 24.5 Å². The predicted molar refractivity (Wildman–Crippen MR) is 76.5 cm³/mol. The lowest BCUT2D eigenvalue weighted by atomic mass is 10.1. The van der Waals surface area contributed by atoms with Crippen LogP contribution in [0.1, 0.15) is 31.6 Å². The molecule has 0 spiro atoms. The van der Waals surface area contributed by atoms with Crippen LogP contribution in [0, 0.1) is 5.92 Å². The summed E-state index contributed by atoms with van der Waals surface area (Å²) in [4.78, 5) is 12.4. The van der Waals surface area contributed by atoms with Crippen molar-refractivity contribution in [2.24, 2.45) is 11.1 Å². The third kappa shape index (κ3) is 5.71. The molecule has 1 atom stereocenters. The van der Waals surface area contributed by atoms with Crippen molar-refractivity contribution in [3.8, 4) is 0 Å². The van der Waals surface area contributed by atoms with Crippen LogP contribution < -0.4 is 10.5 Å². The van der Waals surface area contributed by atoms with Gasteiger partial charge in [-0.3, -0.25) is 4.79 Å². The molecule has 1 aromatic rings. The van der Waals surface area contributed by atoms with Crippen LogP contribution in [-0.2, 0) is 21.2 Å². The Morgan fingerprint density at radius 3 is 2.68 bits per heavy atom. The van der Waals surface area contributed by atoms with Crippen molar-refractivity contribution in [2.45, 2.75) is 37.3 Å². The summed E-state index contributed by atoms with van der Waals surface area (Å²) in [6.07, 6.45) is 2.13. The summed E-state index contributed by atoms with van der Waals surface area (Å²) < 4.78 is 22.4. The fraction of sp³-hybridized carbons (Fsp3) is 0.583. The van der Waals surface area contributed by atoms with Crippen molar-refractivity contribution >= 4 is 27.3 Å². The molecule has 0 saturated heterocycles. The van der Waals surface area contributed by atoms with Gasteiger partial charge >= 0.3 is 0 Å². The van der Waals surface area contributed by atoms with Gasteiger partial charge in [0.2, 0.25) is 15.9 Å². The molecule has 7 heteroatoms. The number of carbonyl (C=O) groups is 1. The van der Waals surface area contributed by atoms with Crippen molar-refractivity contribution in [1.29, 1.82) is 0 Å². The van der Waals surface area contributed by atoms with E-state index in [4.69, 9.17) is 5.14 Å². The molecule has 3 N–H and O–H groups in total. The number of carbonyl (C=O) groups excluding carboxylic acids is 1. The Labute approximate surface area is 118 Å². The molecule has 1 heterocycles. The average Bonchev–Trinajstić information content (AvgIpc) is 2.77. The minimum absolute atomic E-state index is 0.0394. The van der Waals surface area contributed by atoms with Crippen LogP contribution >= 0.6 is 11.3 Å². The minimum atomic E-state index is -3.61. The SMILES string of the molecule is CCC(C)CC(=O)NCCc1ccc(S(N)(=O)=O)s1. The fourth-order valence-corrected chi connectivity index (χ4v) is 3.28. The Hall–Kier alpha value is -0.920. The molecule has 1 aromatic heterocycles.